The van der Waals surface area contributed by atoms with Crippen LogP contribution in [0.1, 0.15) is 28.8 Å². The highest BCUT2D eigenvalue weighted by Gasteiger charge is 2.23. The first-order chi connectivity index (χ1) is 9.37. The summed E-state index contributed by atoms with van der Waals surface area (Å²) >= 11 is 0. The van der Waals surface area contributed by atoms with Crippen LogP contribution in [0.15, 0.2) is 18.2 Å². The van der Waals surface area contributed by atoms with E-state index < -0.39 is 16.0 Å². The second-order valence-corrected chi connectivity index (χ2v) is 6.62. The summed E-state index contributed by atoms with van der Waals surface area (Å²) in [6.07, 6.45) is 1.37. The van der Waals surface area contributed by atoms with Crippen molar-refractivity contribution in [1.29, 1.82) is 0 Å². The van der Waals surface area contributed by atoms with Gasteiger partial charge in [-0.2, -0.15) is 0 Å². The lowest BCUT2D eigenvalue weighted by atomic mass is 10.1. The van der Waals surface area contributed by atoms with Crippen LogP contribution in [-0.2, 0) is 14.8 Å². The van der Waals surface area contributed by atoms with Crippen LogP contribution in [0.25, 0.3) is 0 Å². The van der Waals surface area contributed by atoms with E-state index in [0.717, 1.165) is 12.8 Å². The second kappa shape index (κ2) is 5.80. The topological polar surface area (TPSA) is 92.7 Å². The lowest BCUT2D eigenvalue weighted by molar-refractivity contribution is 0.0697. The number of sulfonamides is 1. The third-order valence-electron chi connectivity index (χ3n) is 3.17. The maximum absolute atomic E-state index is 12.0. The van der Waals surface area contributed by atoms with Gasteiger partial charge in [-0.3, -0.25) is 4.72 Å². The molecule has 1 saturated heterocycles. The summed E-state index contributed by atoms with van der Waals surface area (Å²) in [6, 6.07) is 4.28. The predicted molar refractivity (Wildman–Crippen MR) is 74.5 cm³/mol. The van der Waals surface area contributed by atoms with Gasteiger partial charge in [0, 0.05) is 6.61 Å². The van der Waals surface area contributed by atoms with E-state index >= 15 is 0 Å². The van der Waals surface area contributed by atoms with Crippen LogP contribution >= 0.6 is 0 Å². The highest BCUT2D eigenvalue weighted by atomic mass is 32.2. The summed E-state index contributed by atoms with van der Waals surface area (Å²) in [7, 11) is -3.50. The SMILES string of the molecule is Cc1cc(C(=O)O)ccc1NS(=O)(=O)CC1CCCO1. The van der Waals surface area contributed by atoms with Crippen LogP contribution < -0.4 is 4.72 Å². The Kier molecular flexibility index (Phi) is 4.29. The minimum Gasteiger partial charge on any atom is -0.478 e. The van der Waals surface area contributed by atoms with Gasteiger partial charge in [0.25, 0.3) is 0 Å². The minimum absolute atomic E-state index is 0.0763. The number of benzene rings is 1. The fraction of sp³-hybridized carbons (Fsp3) is 0.462. The maximum Gasteiger partial charge on any atom is 0.335 e. The van der Waals surface area contributed by atoms with Gasteiger partial charge < -0.3 is 9.84 Å². The Bertz CT molecular complexity index is 605. The van der Waals surface area contributed by atoms with Crippen LogP contribution in [0.3, 0.4) is 0 Å². The molecule has 2 N–H and O–H groups in total. The number of rotatable bonds is 5. The van der Waals surface area contributed by atoms with Crippen molar-refractivity contribution in [2.75, 3.05) is 17.1 Å². The van der Waals surface area contributed by atoms with Gasteiger partial charge in [-0.1, -0.05) is 0 Å². The quantitative estimate of drug-likeness (QED) is 0.861. The van der Waals surface area contributed by atoms with Crippen molar-refractivity contribution in [1.82, 2.24) is 0 Å². The Morgan fingerprint density at radius 2 is 2.25 bits per heavy atom. The molecule has 6 nitrogen and oxygen atoms in total. The van der Waals surface area contributed by atoms with Gasteiger partial charge in [-0.15, -0.1) is 0 Å². The summed E-state index contributed by atoms with van der Waals surface area (Å²) in [6.45, 7) is 2.27. The van der Waals surface area contributed by atoms with E-state index in [4.69, 9.17) is 9.84 Å². The molecule has 0 saturated carbocycles. The van der Waals surface area contributed by atoms with E-state index in [2.05, 4.69) is 4.72 Å². The number of aromatic carboxylic acids is 1. The molecule has 0 amide bonds. The fourth-order valence-electron chi connectivity index (χ4n) is 2.14. The van der Waals surface area contributed by atoms with Crippen molar-refractivity contribution in [2.45, 2.75) is 25.9 Å². The molecule has 1 fully saturated rings. The Morgan fingerprint density at radius 3 is 2.80 bits per heavy atom. The van der Waals surface area contributed by atoms with Crippen molar-refractivity contribution in [3.8, 4) is 0 Å². The van der Waals surface area contributed by atoms with E-state index in [0.29, 0.717) is 17.9 Å². The second-order valence-electron chi connectivity index (χ2n) is 4.85. The van der Waals surface area contributed by atoms with Gasteiger partial charge in [0.1, 0.15) is 0 Å². The molecular formula is C13H17NO5S. The Labute approximate surface area is 117 Å². The Morgan fingerprint density at radius 1 is 1.50 bits per heavy atom. The smallest absolute Gasteiger partial charge is 0.335 e. The predicted octanol–water partition coefficient (Wildman–Crippen LogP) is 1.61. The third kappa shape index (κ3) is 3.71. The summed E-state index contributed by atoms with van der Waals surface area (Å²) < 4.78 is 31.8. The van der Waals surface area contributed by atoms with Crippen molar-refractivity contribution >= 4 is 21.7 Å². The number of nitrogens with one attached hydrogen (secondary N) is 1. The summed E-state index contributed by atoms with van der Waals surface area (Å²) in [4.78, 5) is 10.8. The van der Waals surface area contributed by atoms with Gasteiger partial charge in [-0.25, -0.2) is 13.2 Å². The first kappa shape index (κ1) is 14.8. The lowest BCUT2D eigenvalue weighted by Gasteiger charge is -2.14. The lowest BCUT2D eigenvalue weighted by Crippen LogP contribution is -2.26. The van der Waals surface area contributed by atoms with Gasteiger partial charge in [0.05, 0.1) is 23.1 Å². The van der Waals surface area contributed by atoms with Gasteiger partial charge >= 0.3 is 5.97 Å². The average molecular weight is 299 g/mol. The van der Waals surface area contributed by atoms with Crippen molar-refractivity contribution in [3.63, 3.8) is 0 Å². The molecule has 1 heterocycles. The van der Waals surface area contributed by atoms with Gasteiger partial charge in [0.2, 0.25) is 10.0 Å². The normalized spacial score (nSPS) is 18.9. The zero-order valence-corrected chi connectivity index (χ0v) is 11.9. The van der Waals surface area contributed by atoms with Gasteiger partial charge in [-0.05, 0) is 43.5 Å². The number of hydrogen-bond donors (Lipinski definition) is 2. The van der Waals surface area contributed by atoms with E-state index in [1.807, 2.05) is 0 Å². The number of ether oxygens (including phenoxy) is 1. The van der Waals surface area contributed by atoms with Crippen LogP contribution in [0.5, 0.6) is 0 Å². The monoisotopic (exact) mass is 299 g/mol. The molecule has 0 aliphatic carbocycles. The van der Waals surface area contributed by atoms with Gasteiger partial charge in [0.15, 0.2) is 0 Å². The molecule has 1 aliphatic rings. The summed E-state index contributed by atoms with van der Waals surface area (Å²) in [5.41, 5.74) is 1.10. The summed E-state index contributed by atoms with van der Waals surface area (Å²) in [5.74, 6) is -1.12. The summed E-state index contributed by atoms with van der Waals surface area (Å²) in [5, 5.41) is 8.87. The van der Waals surface area contributed by atoms with Crippen LogP contribution in [-0.4, -0.2) is 38.0 Å². The molecule has 1 unspecified atom stereocenters. The van der Waals surface area contributed by atoms with Crippen LogP contribution in [0.4, 0.5) is 5.69 Å². The number of anilines is 1. The maximum atomic E-state index is 12.0. The molecule has 1 aliphatic heterocycles. The molecule has 0 spiro atoms. The highest BCUT2D eigenvalue weighted by molar-refractivity contribution is 7.92. The van der Waals surface area contributed by atoms with Crippen molar-refractivity contribution in [2.24, 2.45) is 0 Å². The number of carboxylic acids is 1. The largest absolute Gasteiger partial charge is 0.478 e. The number of hydrogen-bond acceptors (Lipinski definition) is 4. The molecule has 2 rings (SSSR count). The fourth-order valence-corrected chi connectivity index (χ4v) is 3.54. The Hall–Kier alpha value is -1.60. The molecule has 1 aromatic carbocycles. The minimum atomic E-state index is -3.50. The molecule has 1 atom stereocenters. The number of carboxylic acid groups (broad SMARTS) is 1. The van der Waals surface area contributed by atoms with Crippen molar-refractivity contribution < 1.29 is 23.1 Å². The zero-order valence-electron chi connectivity index (χ0n) is 11.1. The molecule has 1 aromatic rings. The van der Waals surface area contributed by atoms with E-state index in [-0.39, 0.29) is 17.4 Å². The van der Waals surface area contributed by atoms with E-state index in [1.165, 1.54) is 18.2 Å². The van der Waals surface area contributed by atoms with E-state index in [1.54, 1.807) is 6.92 Å². The molecule has 0 aromatic heterocycles. The first-order valence-corrected chi connectivity index (χ1v) is 7.99. The standard InChI is InChI=1S/C13H17NO5S/c1-9-7-10(13(15)16)4-5-12(9)14-20(17,18)8-11-3-2-6-19-11/h4-5,7,11,14H,2-3,6,8H2,1H3,(H,15,16). The third-order valence-corrected chi connectivity index (χ3v) is 4.51. The number of carbonyl (C=O) groups is 1. The Balaban J connectivity index is 2.10. The van der Waals surface area contributed by atoms with Crippen molar-refractivity contribution in [3.05, 3.63) is 29.3 Å². The zero-order chi connectivity index (χ0) is 14.8. The molecule has 0 radical (unpaired) electrons. The number of aryl methyl sites for hydroxylation is 1. The molecule has 20 heavy (non-hydrogen) atoms. The molecule has 7 heteroatoms. The molecule has 110 valence electrons. The van der Waals surface area contributed by atoms with Crippen LogP contribution in [0, 0.1) is 6.92 Å². The first-order valence-electron chi connectivity index (χ1n) is 6.33. The molecular weight excluding hydrogens is 282 g/mol. The average Bonchev–Trinajstić information content (AvgIpc) is 2.83. The van der Waals surface area contributed by atoms with Crippen LogP contribution in [0.2, 0.25) is 0 Å². The van der Waals surface area contributed by atoms with E-state index in [9.17, 15) is 13.2 Å². The molecule has 0 bridgehead atoms. The highest BCUT2D eigenvalue weighted by Crippen LogP contribution is 2.20.